The molecule has 1 unspecified atom stereocenters. The number of aliphatic hydroxyl groups is 1. The molecule has 0 fully saturated rings. The Morgan fingerprint density at radius 3 is 2.34 bits per heavy atom. The quantitative estimate of drug-likeness (QED) is 0.450. The summed E-state index contributed by atoms with van der Waals surface area (Å²) in [7, 11) is 0. The second kappa shape index (κ2) is 8.80. The SMILES string of the molecule is OC(CCCc1ccccc1)c1[nH]nc(-c2ccc(F)cc2)c1-c1ccncc1. The van der Waals surface area contributed by atoms with E-state index in [2.05, 4.69) is 27.3 Å². The van der Waals surface area contributed by atoms with Gasteiger partial charge in [0.2, 0.25) is 0 Å². The number of halogens is 1. The van der Waals surface area contributed by atoms with Gasteiger partial charge >= 0.3 is 0 Å². The van der Waals surface area contributed by atoms with E-state index in [1.807, 2.05) is 30.3 Å². The predicted octanol–water partition coefficient (Wildman–Crippen LogP) is 5.33. The van der Waals surface area contributed by atoms with E-state index in [0.717, 1.165) is 29.5 Å². The number of aryl methyl sites for hydroxylation is 1. The lowest BCUT2D eigenvalue weighted by atomic mass is 9.95. The minimum Gasteiger partial charge on any atom is -0.387 e. The Hall–Kier alpha value is -3.31. The van der Waals surface area contributed by atoms with Gasteiger partial charge in [0.1, 0.15) is 11.5 Å². The van der Waals surface area contributed by atoms with E-state index in [1.54, 1.807) is 24.5 Å². The number of nitrogens with one attached hydrogen (secondary N) is 1. The third-order valence-corrected chi connectivity index (χ3v) is 5.00. The topological polar surface area (TPSA) is 61.8 Å². The van der Waals surface area contributed by atoms with Gasteiger partial charge in [0.15, 0.2) is 0 Å². The summed E-state index contributed by atoms with van der Waals surface area (Å²) in [5.41, 5.74) is 5.14. The van der Waals surface area contributed by atoms with Crippen LogP contribution >= 0.6 is 0 Å². The highest BCUT2D eigenvalue weighted by Gasteiger charge is 2.21. The minimum absolute atomic E-state index is 0.295. The summed E-state index contributed by atoms with van der Waals surface area (Å²) >= 11 is 0. The fourth-order valence-corrected chi connectivity index (χ4v) is 3.51. The number of hydrogen-bond donors (Lipinski definition) is 2. The number of rotatable bonds is 7. The molecular formula is C24H22FN3O. The van der Waals surface area contributed by atoms with Crippen molar-refractivity contribution in [3.63, 3.8) is 0 Å². The van der Waals surface area contributed by atoms with Crippen molar-refractivity contribution in [3.8, 4) is 22.4 Å². The van der Waals surface area contributed by atoms with Gasteiger partial charge in [-0.3, -0.25) is 10.1 Å². The number of pyridine rings is 1. The predicted molar refractivity (Wildman–Crippen MR) is 112 cm³/mol. The highest BCUT2D eigenvalue weighted by Crippen LogP contribution is 2.37. The van der Waals surface area contributed by atoms with Gasteiger partial charge in [-0.15, -0.1) is 0 Å². The maximum absolute atomic E-state index is 13.4. The summed E-state index contributed by atoms with van der Waals surface area (Å²) in [6, 6.07) is 20.2. The summed E-state index contributed by atoms with van der Waals surface area (Å²) in [5.74, 6) is -0.295. The lowest BCUT2D eigenvalue weighted by Crippen LogP contribution is -2.01. The number of aromatic amines is 1. The Labute approximate surface area is 169 Å². The molecule has 0 aliphatic heterocycles. The average Bonchev–Trinajstić information content (AvgIpc) is 3.21. The number of nitrogens with zero attached hydrogens (tertiary/aromatic N) is 2. The first-order valence-corrected chi connectivity index (χ1v) is 9.69. The fourth-order valence-electron chi connectivity index (χ4n) is 3.51. The lowest BCUT2D eigenvalue weighted by molar-refractivity contribution is 0.160. The van der Waals surface area contributed by atoms with Gasteiger partial charge in [-0.2, -0.15) is 5.10 Å². The van der Waals surface area contributed by atoms with E-state index in [9.17, 15) is 9.50 Å². The maximum atomic E-state index is 13.4. The van der Waals surface area contributed by atoms with Crippen LogP contribution in [0.3, 0.4) is 0 Å². The van der Waals surface area contributed by atoms with Gasteiger partial charge in [0, 0.05) is 23.5 Å². The second-order valence-electron chi connectivity index (χ2n) is 7.00. The van der Waals surface area contributed by atoms with Crippen LogP contribution in [0, 0.1) is 5.82 Å². The van der Waals surface area contributed by atoms with Crippen LogP contribution in [0.2, 0.25) is 0 Å². The van der Waals surface area contributed by atoms with Crippen molar-refractivity contribution >= 4 is 0 Å². The highest BCUT2D eigenvalue weighted by atomic mass is 19.1. The molecule has 0 aliphatic carbocycles. The van der Waals surface area contributed by atoms with Gasteiger partial charge in [0.05, 0.1) is 11.8 Å². The van der Waals surface area contributed by atoms with E-state index >= 15 is 0 Å². The second-order valence-corrected chi connectivity index (χ2v) is 7.00. The molecule has 0 saturated heterocycles. The van der Waals surface area contributed by atoms with Gasteiger partial charge in [-0.25, -0.2) is 4.39 Å². The summed E-state index contributed by atoms with van der Waals surface area (Å²) < 4.78 is 13.4. The average molecular weight is 387 g/mol. The van der Waals surface area contributed by atoms with E-state index in [1.165, 1.54) is 17.7 Å². The van der Waals surface area contributed by atoms with Gasteiger partial charge < -0.3 is 5.11 Å². The molecule has 2 aromatic heterocycles. The Bertz CT molecular complexity index is 1050. The molecule has 2 aromatic carbocycles. The van der Waals surface area contributed by atoms with E-state index < -0.39 is 6.10 Å². The van der Waals surface area contributed by atoms with Crippen LogP contribution in [-0.2, 0) is 6.42 Å². The molecule has 1 atom stereocenters. The Balaban J connectivity index is 1.61. The molecule has 146 valence electrons. The summed E-state index contributed by atoms with van der Waals surface area (Å²) in [6.45, 7) is 0. The van der Waals surface area contributed by atoms with Crippen molar-refractivity contribution in [2.24, 2.45) is 0 Å². The van der Waals surface area contributed by atoms with Crippen molar-refractivity contribution in [2.45, 2.75) is 25.4 Å². The summed E-state index contributed by atoms with van der Waals surface area (Å²) in [5, 5.41) is 18.4. The van der Waals surface area contributed by atoms with Crippen LogP contribution in [0.25, 0.3) is 22.4 Å². The molecular weight excluding hydrogens is 365 g/mol. The first kappa shape index (κ1) is 19.0. The fraction of sp³-hybridized carbons (Fsp3) is 0.167. The Morgan fingerprint density at radius 2 is 1.62 bits per heavy atom. The number of hydrogen-bond acceptors (Lipinski definition) is 3. The molecule has 4 nitrogen and oxygen atoms in total. The van der Waals surface area contributed by atoms with Crippen LogP contribution in [-0.4, -0.2) is 20.3 Å². The Kier molecular flexibility index (Phi) is 5.77. The van der Waals surface area contributed by atoms with Gasteiger partial charge in [-0.1, -0.05) is 30.3 Å². The molecule has 4 rings (SSSR count). The van der Waals surface area contributed by atoms with E-state index in [0.29, 0.717) is 17.8 Å². The van der Waals surface area contributed by atoms with Crippen LogP contribution < -0.4 is 0 Å². The molecule has 0 spiro atoms. The Morgan fingerprint density at radius 1 is 0.897 bits per heavy atom. The maximum Gasteiger partial charge on any atom is 0.123 e. The standard InChI is InChI=1S/C24H22FN3O/c25-20-11-9-19(10-12-20)23-22(18-13-15-26-16-14-18)24(28-27-23)21(29)8-4-7-17-5-2-1-3-6-17/h1-3,5-6,9-16,21,29H,4,7-8H2,(H,27,28). The van der Waals surface area contributed by atoms with E-state index in [4.69, 9.17) is 0 Å². The first-order chi connectivity index (χ1) is 14.2. The van der Waals surface area contributed by atoms with Gasteiger partial charge in [0.25, 0.3) is 0 Å². The molecule has 5 heteroatoms. The summed E-state index contributed by atoms with van der Waals surface area (Å²) in [6.07, 6.45) is 5.11. The number of H-pyrrole nitrogens is 1. The van der Waals surface area contributed by atoms with Crippen LogP contribution in [0.15, 0.2) is 79.1 Å². The van der Waals surface area contributed by atoms with Crippen molar-refractivity contribution < 1.29 is 9.50 Å². The van der Waals surface area contributed by atoms with Crippen molar-refractivity contribution in [3.05, 3.63) is 96.2 Å². The zero-order chi connectivity index (χ0) is 20.1. The molecule has 0 bridgehead atoms. The highest BCUT2D eigenvalue weighted by molar-refractivity contribution is 5.82. The van der Waals surface area contributed by atoms with Crippen LogP contribution in [0.1, 0.15) is 30.2 Å². The lowest BCUT2D eigenvalue weighted by Gasteiger charge is -2.12. The number of aliphatic hydroxyl groups excluding tert-OH is 1. The van der Waals surface area contributed by atoms with Crippen molar-refractivity contribution in [1.82, 2.24) is 15.2 Å². The molecule has 0 saturated carbocycles. The van der Waals surface area contributed by atoms with Crippen molar-refractivity contribution in [2.75, 3.05) is 0 Å². The molecule has 2 heterocycles. The van der Waals surface area contributed by atoms with Crippen LogP contribution in [0.5, 0.6) is 0 Å². The molecule has 0 aliphatic rings. The molecule has 4 aromatic rings. The third-order valence-electron chi connectivity index (χ3n) is 5.00. The zero-order valence-electron chi connectivity index (χ0n) is 15.9. The van der Waals surface area contributed by atoms with Gasteiger partial charge in [-0.05, 0) is 66.8 Å². The van der Waals surface area contributed by atoms with E-state index in [-0.39, 0.29) is 5.82 Å². The minimum atomic E-state index is -0.677. The normalized spacial score (nSPS) is 12.1. The molecule has 0 amide bonds. The summed E-state index contributed by atoms with van der Waals surface area (Å²) in [4.78, 5) is 4.08. The third kappa shape index (κ3) is 4.41. The molecule has 0 radical (unpaired) electrons. The zero-order valence-corrected chi connectivity index (χ0v) is 15.9. The number of benzene rings is 2. The molecule has 2 N–H and O–H groups in total. The smallest absolute Gasteiger partial charge is 0.123 e. The number of aromatic nitrogens is 3. The molecule has 29 heavy (non-hydrogen) atoms. The van der Waals surface area contributed by atoms with Crippen LogP contribution in [0.4, 0.5) is 4.39 Å². The van der Waals surface area contributed by atoms with Crippen molar-refractivity contribution in [1.29, 1.82) is 0 Å². The largest absolute Gasteiger partial charge is 0.387 e. The monoisotopic (exact) mass is 387 g/mol. The first-order valence-electron chi connectivity index (χ1n) is 9.69.